The van der Waals surface area contributed by atoms with Crippen LogP contribution in [0.2, 0.25) is 0 Å². The number of esters is 1. The molecule has 0 amide bonds. The Morgan fingerprint density at radius 3 is 0.189 bits per heavy atom. The van der Waals surface area contributed by atoms with Gasteiger partial charge in [-0.25, -0.2) is 0 Å². The van der Waals surface area contributed by atoms with Crippen molar-refractivity contribution in [2.75, 3.05) is 6.61 Å². The smallest absolute Gasteiger partial charge is 0.302 e. The number of carbonyl (C=O) groups excluding carboxylic acids is 1. The molecule has 0 spiro atoms. The summed E-state index contributed by atoms with van der Waals surface area (Å²) in [7, 11) is 0. The van der Waals surface area contributed by atoms with Crippen molar-refractivity contribution < 1.29 is 9.53 Å². The zero-order chi connectivity index (χ0) is 88.0. The largest absolute Gasteiger partial charge is 0.466 e. The number of unbranched alkanes of at least 4 members (excludes halogenated alkanes) is 60. The Kier molecular flexibility index (Phi) is 273. The third-order valence-corrected chi connectivity index (χ3v) is 18.5. The molecule has 696 valence electrons. The van der Waals surface area contributed by atoms with Crippen LogP contribution in [-0.4, -0.2) is 12.6 Å². The summed E-state index contributed by atoms with van der Waals surface area (Å²) in [6.45, 7) is 71.0. The molecule has 0 saturated heterocycles. The Bertz CT molecular complexity index is 716. The van der Waals surface area contributed by atoms with Crippen LogP contribution in [-0.2, 0) is 9.53 Å². The Balaban J connectivity index is -0.0000000620. The molecular weight excluding hydrogens is 1340 g/mol. The number of carbonyl (C=O) groups is 1. The Hall–Kier alpha value is -0.530. The molecule has 0 N–H and O–H groups in total. The Morgan fingerprint density at radius 2 is 0.171 bits per heavy atom. The molecule has 111 heavy (non-hydrogen) atoms. The molecule has 0 unspecified atom stereocenters. The van der Waals surface area contributed by atoms with E-state index in [1.807, 2.05) is 0 Å². The van der Waals surface area contributed by atoms with E-state index in [4.69, 9.17) is 0 Å². The number of hydrogen-bond donors (Lipinski definition) is 0. The van der Waals surface area contributed by atoms with Gasteiger partial charge >= 0.3 is 5.97 Å². The van der Waals surface area contributed by atoms with Crippen molar-refractivity contribution in [3.05, 3.63) is 0 Å². The van der Waals surface area contributed by atoms with Gasteiger partial charge in [0.25, 0.3) is 0 Å². The lowest BCUT2D eigenvalue weighted by Gasteiger charge is -1.90. The van der Waals surface area contributed by atoms with E-state index in [2.05, 4.69) is 212 Å². The minimum absolute atomic E-state index is 0.211. The molecular formula is C109H248O2. The second-order valence-corrected chi connectivity index (χ2v) is 31.8. The third-order valence-electron chi connectivity index (χ3n) is 18.5. The standard InChI is InChI=1S/15C7H16.C4H8O2/c15*1-3-5-7-6-4-2;1-3-6-4(2)5/h15*3-7H2,1-2H3;3H2,1-2H3. The fourth-order valence-corrected chi connectivity index (χ4v) is 10.4. The molecule has 2 heteroatoms. The van der Waals surface area contributed by atoms with Crippen LogP contribution in [0.25, 0.3) is 0 Å². The van der Waals surface area contributed by atoms with E-state index >= 15 is 0 Å². The van der Waals surface area contributed by atoms with E-state index in [1.54, 1.807) is 6.92 Å². The van der Waals surface area contributed by atoms with Crippen LogP contribution in [0.1, 0.15) is 703 Å². The van der Waals surface area contributed by atoms with Gasteiger partial charge in [0.15, 0.2) is 0 Å². The van der Waals surface area contributed by atoms with Gasteiger partial charge in [0, 0.05) is 6.92 Å². The average Bonchev–Trinajstić information content (AvgIpc) is 3.79. The molecule has 0 aromatic heterocycles. The summed E-state index contributed by atoms with van der Waals surface area (Å²) >= 11 is 0. The predicted octanol–water partition coefficient (Wildman–Crippen LogP) is 45.2. The summed E-state index contributed by atoms with van der Waals surface area (Å²) in [6, 6.07) is 0. The van der Waals surface area contributed by atoms with Crippen molar-refractivity contribution in [1.82, 2.24) is 0 Å². The van der Waals surface area contributed by atoms with E-state index in [0.29, 0.717) is 6.61 Å². The predicted molar refractivity (Wildman–Crippen MR) is 539 cm³/mol. The number of ether oxygens (including phenoxy) is 1. The van der Waals surface area contributed by atoms with Crippen molar-refractivity contribution in [2.45, 2.75) is 703 Å². The highest BCUT2D eigenvalue weighted by molar-refractivity contribution is 5.65. The van der Waals surface area contributed by atoms with Gasteiger partial charge in [0.2, 0.25) is 0 Å². The summed E-state index contributed by atoms with van der Waals surface area (Å²) in [6.07, 6.45) is 105. The van der Waals surface area contributed by atoms with Crippen LogP contribution in [0, 0.1) is 0 Å². The molecule has 0 heterocycles. The first-order valence-corrected chi connectivity index (χ1v) is 53.1. The number of hydrogen-bond acceptors (Lipinski definition) is 2. The Labute approximate surface area is 721 Å². The lowest BCUT2D eigenvalue weighted by Crippen LogP contribution is -1.95. The summed E-state index contributed by atoms with van der Waals surface area (Å²) in [5, 5.41) is 0. The average molecular weight is 1590 g/mol. The lowest BCUT2D eigenvalue weighted by molar-refractivity contribution is -0.140. The summed E-state index contributed by atoms with van der Waals surface area (Å²) in [5.41, 5.74) is 0. The van der Waals surface area contributed by atoms with Crippen LogP contribution < -0.4 is 0 Å². The van der Waals surface area contributed by atoms with E-state index in [0.717, 1.165) is 0 Å². The second kappa shape index (κ2) is 204. The molecule has 0 aromatic rings. The van der Waals surface area contributed by atoms with E-state index in [-0.39, 0.29) is 5.97 Å². The minimum atomic E-state index is -0.211. The molecule has 0 rings (SSSR count). The molecule has 0 fully saturated rings. The van der Waals surface area contributed by atoms with Crippen LogP contribution in [0.4, 0.5) is 0 Å². The zero-order valence-corrected chi connectivity index (χ0v) is 87.1. The summed E-state index contributed by atoms with van der Waals surface area (Å²) in [5.74, 6) is -0.211. The summed E-state index contributed by atoms with van der Waals surface area (Å²) < 4.78 is 4.40. The highest BCUT2D eigenvalue weighted by atomic mass is 16.5. The molecule has 0 atom stereocenters. The highest BCUT2D eigenvalue weighted by Gasteiger charge is 1.89. The van der Waals surface area contributed by atoms with Gasteiger partial charge in [0.05, 0.1) is 6.61 Å². The summed E-state index contributed by atoms with van der Waals surface area (Å²) in [4.78, 5) is 9.82. The molecule has 0 aromatic carbocycles. The third kappa shape index (κ3) is 324. The quantitative estimate of drug-likeness (QED) is 0.0448. The van der Waals surface area contributed by atoms with Crippen molar-refractivity contribution in [2.24, 2.45) is 0 Å². The highest BCUT2D eigenvalue weighted by Crippen LogP contribution is 2.09. The maximum absolute atomic E-state index is 9.82. The molecule has 0 aliphatic heterocycles. The maximum Gasteiger partial charge on any atom is 0.302 e. The SMILES string of the molecule is CCCCCCC.CCCCCCC.CCCCCCC.CCCCCCC.CCCCCCC.CCCCCCC.CCCCCCC.CCCCCCC.CCCCCCC.CCCCCCC.CCCCCCC.CCCCCCC.CCCCCCC.CCCCCCC.CCCCCCC.CCOC(C)=O. The van der Waals surface area contributed by atoms with Crippen molar-refractivity contribution in [3.63, 3.8) is 0 Å². The van der Waals surface area contributed by atoms with Crippen LogP contribution >= 0.6 is 0 Å². The van der Waals surface area contributed by atoms with Gasteiger partial charge < -0.3 is 4.74 Å². The van der Waals surface area contributed by atoms with Crippen molar-refractivity contribution in [1.29, 1.82) is 0 Å². The molecule has 0 bridgehead atoms. The normalized spacial score (nSPS) is 9.33. The molecule has 0 radical (unpaired) electrons. The molecule has 0 aliphatic carbocycles. The van der Waals surface area contributed by atoms with E-state index in [9.17, 15) is 4.79 Å². The van der Waals surface area contributed by atoms with Gasteiger partial charge in [0.1, 0.15) is 0 Å². The van der Waals surface area contributed by atoms with Gasteiger partial charge in [-0.15, -0.1) is 0 Å². The second-order valence-electron chi connectivity index (χ2n) is 31.8. The van der Waals surface area contributed by atoms with Crippen LogP contribution in [0.15, 0.2) is 0 Å². The van der Waals surface area contributed by atoms with Crippen LogP contribution in [0.5, 0.6) is 0 Å². The first kappa shape index (κ1) is 148. The fraction of sp³-hybridized carbons (Fsp3) is 0.991. The van der Waals surface area contributed by atoms with Gasteiger partial charge in [-0.1, -0.05) is 689 Å². The zero-order valence-electron chi connectivity index (χ0n) is 87.1. The minimum Gasteiger partial charge on any atom is -0.466 e. The maximum atomic E-state index is 9.82. The van der Waals surface area contributed by atoms with Crippen molar-refractivity contribution in [3.8, 4) is 0 Å². The van der Waals surface area contributed by atoms with Gasteiger partial charge in [-0.2, -0.15) is 0 Å². The molecule has 0 saturated carbocycles. The van der Waals surface area contributed by atoms with Crippen LogP contribution in [0.3, 0.4) is 0 Å². The molecule has 0 aliphatic rings. The first-order chi connectivity index (χ1) is 54.0. The topological polar surface area (TPSA) is 26.3 Å². The van der Waals surface area contributed by atoms with E-state index in [1.165, 1.54) is 488 Å². The van der Waals surface area contributed by atoms with Crippen molar-refractivity contribution >= 4 is 5.97 Å². The Morgan fingerprint density at radius 1 is 0.117 bits per heavy atom. The lowest BCUT2D eigenvalue weighted by atomic mass is 10.2. The fourth-order valence-electron chi connectivity index (χ4n) is 10.4. The van der Waals surface area contributed by atoms with Gasteiger partial charge in [-0.3, -0.25) is 4.79 Å². The first-order valence-electron chi connectivity index (χ1n) is 53.1. The van der Waals surface area contributed by atoms with Gasteiger partial charge in [-0.05, 0) is 6.92 Å². The molecule has 2 nitrogen and oxygen atoms in total. The number of rotatable bonds is 61. The van der Waals surface area contributed by atoms with E-state index < -0.39 is 0 Å². The monoisotopic (exact) mass is 1590 g/mol.